The first-order valence-corrected chi connectivity index (χ1v) is 8.86. The molecule has 2 aromatic rings. The molecule has 3 rings (SSSR count). The fraction of sp³-hybridized carbons (Fsp3) is 0.583. The van der Waals surface area contributed by atoms with Crippen LogP contribution in [0.4, 0.5) is 5.82 Å². The van der Waals surface area contributed by atoms with Gasteiger partial charge in [-0.05, 0) is 0 Å². The zero-order chi connectivity index (χ0) is 18.4. The number of anilines is 1. The van der Waals surface area contributed by atoms with Crippen molar-refractivity contribution in [3.8, 4) is 0 Å². The van der Waals surface area contributed by atoms with Crippen molar-refractivity contribution in [3.63, 3.8) is 0 Å². The molecule has 0 bridgehead atoms. The highest BCUT2D eigenvalue weighted by Gasteiger charge is 2.44. The Hall–Kier alpha value is -1.66. The Morgan fingerprint density at radius 2 is 2.12 bits per heavy atom. The van der Waals surface area contributed by atoms with E-state index in [1.165, 1.54) is 17.2 Å². The highest BCUT2D eigenvalue weighted by molar-refractivity contribution is 7.46. The molecule has 0 aliphatic carbocycles. The third-order valence-corrected chi connectivity index (χ3v) is 4.36. The van der Waals surface area contributed by atoms with Gasteiger partial charge in [0.15, 0.2) is 23.2 Å². The summed E-state index contributed by atoms with van der Waals surface area (Å²) >= 11 is 0. The molecule has 13 heteroatoms. The van der Waals surface area contributed by atoms with E-state index in [4.69, 9.17) is 20.3 Å². The number of fused-ring (bicyclic) bond motifs is 1. The molecule has 138 valence electrons. The van der Waals surface area contributed by atoms with Crippen molar-refractivity contribution in [2.75, 3.05) is 25.6 Å². The van der Waals surface area contributed by atoms with Gasteiger partial charge < -0.3 is 30.3 Å². The predicted molar refractivity (Wildman–Crippen MR) is 85.5 cm³/mol. The number of imidazole rings is 1. The van der Waals surface area contributed by atoms with Gasteiger partial charge in [0.25, 0.3) is 0 Å². The van der Waals surface area contributed by atoms with Crippen molar-refractivity contribution in [3.05, 3.63) is 12.7 Å². The molecule has 1 fully saturated rings. The summed E-state index contributed by atoms with van der Waals surface area (Å²) in [6.45, 7) is -0.455. The van der Waals surface area contributed by atoms with Crippen LogP contribution >= 0.6 is 7.82 Å². The molecule has 0 amide bonds. The molecule has 0 spiro atoms. The van der Waals surface area contributed by atoms with E-state index in [-0.39, 0.29) is 0 Å². The van der Waals surface area contributed by atoms with E-state index in [0.717, 1.165) is 0 Å². The van der Waals surface area contributed by atoms with E-state index in [2.05, 4.69) is 19.5 Å². The molecule has 5 N–H and O–H groups in total. The molecule has 2 aromatic heterocycles. The van der Waals surface area contributed by atoms with Crippen LogP contribution < -0.4 is 10.6 Å². The predicted octanol–water partition coefficient (Wildman–Crippen LogP) is -1.41. The average molecular weight is 374 g/mol. The van der Waals surface area contributed by atoms with Crippen LogP contribution in [0, 0.1) is 0 Å². The van der Waals surface area contributed by atoms with Crippen LogP contribution in [0.15, 0.2) is 12.7 Å². The maximum absolute atomic E-state index is 10.8. The average Bonchev–Trinajstić information content (AvgIpc) is 3.07. The Balaban J connectivity index is 1.88. The van der Waals surface area contributed by atoms with E-state index in [9.17, 15) is 9.67 Å². The van der Waals surface area contributed by atoms with Crippen LogP contribution in [0.1, 0.15) is 6.23 Å². The van der Waals surface area contributed by atoms with Gasteiger partial charge >= 0.3 is 7.82 Å². The Morgan fingerprint density at radius 1 is 1.40 bits per heavy atom. The number of aliphatic hydroxyl groups is 1. The summed E-state index contributed by atoms with van der Waals surface area (Å²) in [5.74, 6) is 0.599. The van der Waals surface area contributed by atoms with Gasteiger partial charge in [-0.25, -0.2) is 19.5 Å². The smallest absolute Gasteiger partial charge is 0.387 e. The van der Waals surface area contributed by atoms with Crippen molar-refractivity contribution in [2.45, 2.75) is 24.5 Å². The van der Waals surface area contributed by atoms with Crippen LogP contribution in [0.25, 0.3) is 11.2 Å². The standard InChI is InChI=1S/C12H19N6O6P/c1-17(2)10-8-11(15-4-14-10)18(5-16-8)12-9(19)7(13)6(24-12)3-23-25(20,21)22/h4-7,9,12,19H,3,13H2,1-2H3,(H2,20,21,22). The van der Waals surface area contributed by atoms with Crippen LogP contribution in [-0.4, -0.2) is 73.4 Å². The van der Waals surface area contributed by atoms with Gasteiger partial charge in [-0.1, -0.05) is 0 Å². The number of phosphoric ester groups is 1. The summed E-state index contributed by atoms with van der Waals surface area (Å²) in [5, 5.41) is 10.4. The summed E-state index contributed by atoms with van der Waals surface area (Å²) in [7, 11) is -1.04. The zero-order valence-corrected chi connectivity index (χ0v) is 14.4. The Bertz CT molecular complexity index is 808. The zero-order valence-electron chi connectivity index (χ0n) is 13.5. The summed E-state index contributed by atoms with van der Waals surface area (Å²) in [4.78, 5) is 32.0. The summed E-state index contributed by atoms with van der Waals surface area (Å²) in [6, 6.07) is -0.899. The molecule has 1 saturated heterocycles. The number of aromatic nitrogens is 4. The molecule has 12 nitrogen and oxygen atoms in total. The molecule has 25 heavy (non-hydrogen) atoms. The lowest BCUT2D eigenvalue weighted by molar-refractivity contribution is -0.0483. The fourth-order valence-electron chi connectivity index (χ4n) is 2.66. The van der Waals surface area contributed by atoms with Gasteiger partial charge in [0.1, 0.15) is 18.5 Å². The molecular weight excluding hydrogens is 355 g/mol. The SMILES string of the molecule is CN(C)c1ncnc2c1ncn2C1OC(COP(=O)(O)O)C(N)C1O. The number of hydrogen-bond acceptors (Lipinski definition) is 9. The summed E-state index contributed by atoms with van der Waals surface area (Å²) < 4.78 is 22.4. The molecule has 0 saturated carbocycles. The summed E-state index contributed by atoms with van der Waals surface area (Å²) in [6.07, 6.45) is -0.152. The molecule has 0 radical (unpaired) electrons. The molecule has 3 heterocycles. The van der Waals surface area contributed by atoms with Crippen molar-refractivity contribution >= 4 is 24.8 Å². The minimum absolute atomic E-state index is 0.437. The first-order chi connectivity index (χ1) is 11.7. The van der Waals surface area contributed by atoms with Gasteiger partial charge in [-0.3, -0.25) is 9.09 Å². The van der Waals surface area contributed by atoms with Crippen molar-refractivity contribution < 1.29 is 28.7 Å². The lowest BCUT2D eigenvalue weighted by Crippen LogP contribution is -2.41. The maximum Gasteiger partial charge on any atom is 0.469 e. The minimum atomic E-state index is -4.66. The minimum Gasteiger partial charge on any atom is -0.387 e. The molecule has 0 aromatic carbocycles. The number of rotatable bonds is 5. The second-order valence-electron chi connectivity index (χ2n) is 5.84. The number of aliphatic hydroxyl groups excluding tert-OH is 1. The quantitative estimate of drug-likeness (QED) is 0.453. The van der Waals surface area contributed by atoms with Gasteiger partial charge in [0, 0.05) is 14.1 Å². The van der Waals surface area contributed by atoms with Gasteiger partial charge in [0.05, 0.1) is 19.0 Å². The van der Waals surface area contributed by atoms with Gasteiger partial charge in [0.2, 0.25) is 0 Å². The van der Waals surface area contributed by atoms with Crippen LogP contribution in [0.3, 0.4) is 0 Å². The fourth-order valence-corrected chi connectivity index (χ4v) is 3.01. The highest BCUT2D eigenvalue weighted by Crippen LogP contribution is 2.38. The third kappa shape index (κ3) is 3.51. The number of hydrogen-bond donors (Lipinski definition) is 4. The summed E-state index contributed by atoms with van der Waals surface area (Å²) in [5.41, 5.74) is 6.84. The van der Waals surface area contributed by atoms with Gasteiger partial charge in [-0.2, -0.15) is 0 Å². The molecule has 4 unspecified atom stereocenters. The first kappa shape index (κ1) is 18.1. The lowest BCUT2D eigenvalue weighted by Gasteiger charge is -2.17. The van der Waals surface area contributed by atoms with Crippen molar-refractivity contribution in [1.82, 2.24) is 19.5 Å². The number of nitrogens with zero attached hydrogens (tertiary/aromatic N) is 5. The number of nitrogens with two attached hydrogens (primary N) is 1. The van der Waals surface area contributed by atoms with E-state index in [1.807, 2.05) is 14.1 Å². The van der Waals surface area contributed by atoms with E-state index >= 15 is 0 Å². The van der Waals surface area contributed by atoms with E-state index in [1.54, 1.807) is 4.90 Å². The van der Waals surface area contributed by atoms with Crippen LogP contribution in [0.5, 0.6) is 0 Å². The number of phosphoric acid groups is 1. The Kier molecular flexibility index (Phi) is 4.77. The molecular formula is C12H19N6O6P. The normalized spacial score (nSPS) is 27.1. The van der Waals surface area contributed by atoms with Crippen LogP contribution in [0.2, 0.25) is 0 Å². The highest BCUT2D eigenvalue weighted by atomic mass is 31.2. The third-order valence-electron chi connectivity index (χ3n) is 3.87. The second kappa shape index (κ2) is 6.57. The van der Waals surface area contributed by atoms with E-state index in [0.29, 0.717) is 17.0 Å². The molecule has 1 aliphatic heterocycles. The second-order valence-corrected chi connectivity index (χ2v) is 7.07. The van der Waals surface area contributed by atoms with Crippen LogP contribution in [-0.2, 0) is 13.8 Å². The topological polar surface area (TPSA) is 169 Å². The lowest BCUT2D eigenvalue weighted by atomic mass is 10.1. The van der Waals surface area contributed by atoms with Crippen molar-refractivity contribution in [2.24, 2.45) is 5.73 Å². The largest absolute Gasteiger partial charge is 0.469 e. The first-order valence-electron chi connectivity index (χ1n) is 7.33. The monoisotopic (exact) mass is 374 g/mol. The van der Waals surface area contributed by atoms with Gasteiger partial charge in [-0.15, -0.1) is 0 Å². The Morgan fingerprint density at radius 3 is 2.76 bits per heavy atom. The Labute approximate surface area is 142 Å². The van der Waals surface area contributed by atoms with E-state index < -0.39 is 38.9 Å². The number of ether oxygens (including phenoxy) is 1. The van der Waals surface area contributed by atoms with Crippen molar-refractivity contribution in [1.29, 1.82) is 0 Å². The maximum atomic E-state index is 10.8. The molecule has 4 atom stereocenters. The molecule has 1 aliphatic rings.